The Balaban J connectivity index is 1.63. The number of rotatable bonds is 7. The zero-order chi connectivity index (χ0) is 17.0. The lowest BCUT2D eigenvalue weighted by atomic mass is 9.84. The Labute approximate surface area is 145 Å². The van der Waals surface area contributed by atoms with Gasteiger partial charge in [0.1, 0.15) is 0 Å². The fraction of sp³-hybridized carbons (Fsp3) is 0.650. The fourth-order valence-corrected chi connectivity index (χ4v) is 3.66. The molecule has 0 unspecified atom stereocenters. The summed E-state index contributed by atoms with van der Waals surface area (Å²) in [4.78, 5) is 15.3. The summed E-state index contributed by atoms with van der Waals surface area (Å²) >= 11 is 0. The van der Waals surface area contributed by atoms with Crippen molar-refractivity contribution in [3.63, 3.8) is 0 Å². The number of hydrogen-bond acceptors (Lipinski definition) is 3. The SMILES string of the molecule is COCCC1(NC(=O)c2cccc(C)c2)CCN(CC2CC2)CC1. The molecule has 1 aromatic rings. The van der Waals surface area contributed by atoms with Gasteiger partial charge in [-0.25, -0.2) is 0 Å². The number of aryl methyl sites for hydroxylation is 1. The molecule has 2 aliphatic rings. The van der Waals surface area contributed by atoms with Crippen molar-refractivity contribution in [3.05, 3.63) is 35.4 Å². The largest absolute Gasteiger partial charge is 0.385 e. The third kappa shape index (κ3) is 4.58. The van der Waals surface area contributed by atoms with E-state index < -0.39 is 0 Å². The zero-order valence-electron chi connectivity index (χ0n) is 15.0. The zero-order valence-corrected chi connectivity index (χ0v) is 15.0. The topological polar surface area (TPSA) is 41.6 Å². The monoisotopic (exact) mass is 330 g/mol. The van der Waals surface area contributed by atoms with Crippen LogP contribution in [-0.4, -0.2) is 49.7 Å². The van der Waals surface area contributed by atoms with Gasteiger partial charge in [-0.3, -0.25) is 4.79 Å². The molecule has 0 radical (unpaired) electrons. The second-order valence-electron chi connectivity index (χ2n) is 7.59. The number of nitrogens with one attached hydrogen (secondary N) is 1. The quantitative estimate of drug-likeness (QED) is 0.835. The molecule has 1 amide bonds. The molecule has 0 atom stereocenters. The summed E-state index contributed by atoms with van der Waals surface area (Å²) in [6, 6.07) is 7.83. The Morgan fingerprint density at radius 1 is 1.33 bits per heavy atom. The van der Waals surface area contributed by atoms with Crippen LogP contribution in [0.5, 0.6) is 0 Å². The summed E-state index contributed by atoms with van der Waals surface area (Å²) in [5.41, 5.74) is 1.75. The van der Waals surface area contributed by atoms with E-state index in [1.165, 1.54) is 19.4 Å². The van der Waals surface area contributed by atoms with Crippen LogP contribution in [0.15, 0.2) is 24.3 Å². The van der Waals surface area contributed by atoms with Gasteiger partial charge in [0, 0.05) is 44.5 Å². The molecular formula is C20H30N2O2. The number of carbonyl (C=O) groups excluding carboxylic acids is 1. The highest BCUT2D eigenvalue weighted by Crippen LogP contribution is 2.33. The van der Waals surface area contributed by atoms with E-state index in [2.05, 4.69) is 10.2 Å². The van der Waals surface area contributed by atoms with Crippen LogP contribution >= 0.6 is 0 Å². The van der Waals surface area contributed by atoms with Crippen LogP contribution < -0.4 is 5.32 Å². The normalized spacial score (nSPS) is 20.8. The van der Waals surface area contributed by atoms with E-state index in [1.54, 1.807) is 7.11 Å². The minimum Gasteiger partial charge on any atom is -0.385 e. The number of amides is 1. The first kappa shape index (κ1) is 17.4. The average molecular weight is 330 g/mol. The number of carbonyl (C=O) groups is 1. The molecule has 1 saturated heterocycles. The third-order valence-electron chi connectivity index (χ3n) is 5.47. The van der Waals surface area contributed by atoms with Crippen LogP contribution in [-0.2, 0) is 4.74 Å². The average Bonchev–Trinajstić information content (AvgIpc) is 3.39. The highest BCUT2D eigenvalue weighted by Gasteiger charge is 2.37. The Morgan fingerprint density at radius 3 is 2.71 bits per heavy atom. The number of ether oxygens (including phenoxy) is 1. The molecule has 4 nitrogen and oxygen atoms in total. The first-order valence-corrected chi connectivity index (χ1v) is 9.21. The molecule has 1 saturated carbocycles. The Hall–Kier alpha value is -1.39. The first-order chi connectivity index (χ1) is 11.6. The molecule has 3 rings (SSSR count). The van der Waals surface area contributed by atoms with Crippen LogP contribution in [0.2, 0.25) is 0 Å². The lowest BCUT2D eigenvalue weighted by Crippen LogP contribution is -2.56. The van der Waals surface area contributed by atoms with Crippen LogP contribution in [0, 0.1) is 12.8 Å². The smallest absolute Gasteiger partial charge is 0.251 e. The van der Waals surface area contributed by atoms with Crippen LogP contribution in [0.1, 0.15) is 48.0 Å². The van der Waals surface area contributed by atoms with Crippen molar-refractivity contribution in [2.24, 2.45) is 5.92 Å². The Kier molecular flexibility index (Phi) is 5.57. The molecule has 1 N–H and O–H groups in total. The van der Waals surface area contributed by atoms with Gasteiger partial charge in [0.2, 0.25) is 0 Å². The third-order valence-corrected chi connectivity index (χ3v) is 5.47. The maximum Gasteiger partial charge on any atom is 0.251 e. The van der Waals surface area contributed by atoms with Crippen LogP contribution in [0.4, 0.5) is 0 Å². The van der Waals surface area contributed by atoms with Crippen molar-refractivity contribution >= 4 is 5.91 Å². The molecule has 24 heavy (non-hydrogen) atoms. The molecule has 1 aliphatic heterocycles. The number of methoxy groups -OCH3 is 1. The number of hydrogen-bond donors (Lipinski definition) is 1. The fourth-order valence-electron chi connectivity index (χ4n) is 3.66. The van der Waals surface area contributed by atoms with E-state index in [1.807, 2.05) is 31.2 Å². The van der Waals surface area contributed by atoms with E-state index in [0.29, 0.717) is 6.61 Å². The van der Waals surface area contributed by atoms with E-state index in [-0.39, 0.29) is 11.4 Å². The predicted octanol–water partition coefficient (Wildman–Crippen LogP) is 3.01. The van der Waals surface area contributed by atoms with Gasteiger partial charge < -0.3 is 15.0 Å². The number of benzene rings is 1. The Bertz CT molecular complexity index is 561. The van der Waals surface area contributed by atoms with Gasteiger partial charge in [-0.2, -0.15) is 0 Å². The lowest BCUT2D eigenvalue weighted by molar-refractivity contribution is 0.0696. The number of likely N-dealkylation sites (tertiary alicyclic amines) is 1. The van der Waals surface area contributed by atoms with Crippen molar-refractivity contribution in [3.8, 4) is 0 Å². The molecule has 0 spiro atoms. The standard InChI is InChI=1S/C20H30N2O2/c1-16-4-3-5-18(14-16)19(23)21-20(10-13-24-2)8-11-22(12-9-20)15-17-6-7-17/h3-5,14,17H,6-13,15H2,1-2H3,(H,21,23). The van der Waals surface area contributed by atoms with Crippen molar-refractivity contribution in [2.75, 3.05) is 33.4 Å². The molecule has 0 aromatic heterocycles. The van der Waals surface area contributed by atoms with Gasteiger partial charge in [-0.05, 0) is 57.1 Å². The van der Waals surface area contributed by atoms with Crippen molar-refractivity contribution in [1.82, 2.24) is 10.2 Å². The van der Waals surface area contributed by atoms with Gasteiger partial charge in [0.15, 0.2) is 0 Å². The highest BCUT2D eigenvalue weighted by molar-refractivity contribution is 5.94. The summed E-state index contributed by atoms with van der Waals surface area (Å²) in [6.07, 6.45) is 5.71. The molecule has 2 fully saturated rings. The maximum atomic E-state index is 12.7. The summed E-state index contributed by atoms with van der Waals surface area (Å²) in [7, 11) is 1.73. The van der Waals surface area contributed by atoms with E-state index in [4.69, 9.17) is 4.74 Å². The predicted molar refractivity (Wildman–Crippen MR) is 96.3 cm³/mol. The van der Waals surface area contributed by atoms with E-state index in [9.17, 15) is 4.79 Å². The molecule has 1 aromatic carbocycles. The van der Waals surface area contributed by atoms with Crippen LogP contribution in [0.25, 0.3) is 0 Å². The second kappa shape index (κ2) is 7.66. The molecule has 4 heteroatoms. The van der Waals surface area contributed by atoms with Gasteiger partial charge in [0.05, 0.1) is 0 Å². The van der Waals surface area contributed by atoms with E-state index in [0.717, 1.165) is 49.4 Å². The van der Waals surface area contributed by atoms with Gasteiger partial charge in [-0.15, -0.1) is 0 Å². The summed E-state index contributed by atoms with van der Waals surface area (Å²) in [5, 5.41) is 3.35. The minimum atomic E-state index is -0.128. The van der Waals surface area contributed by atoms with Gasteiger partial charge in [-0.1, -0.05) is 17.7 Å². The van der Waals surface area contributed by atoms with E-state index >= 15 is 0 Å². The maximum absolute atomic E-state index is 12.7. The summed E-state index contributed by atoms with van der Waals surface area (Å²) in [6.45, 7) is 6.11. The molecule has 1 aliphatic carbocycles. The van der Waals surface area contributed by atoms with Crippen molar-refractivity contribution < 1.29 is 9.53 Å². The molecule has 132 valence electrons. The van der Waals surface area contributed by atoms with Gasteiger partial charge >= 0.3 is 0 Å². The summed E-state index contributed by atoms with van der Waals surface area (Å²) in [5.74, 6) is 0.976. The Morgan fingerprint density at radius 2 is 2.08 bits per heavy atom. The van der Waals surface area contributed by atoms with Gasteiger partial charge in [0.25, 0.3) is 5.91 Å². The first-order valence-electron chi connectivity index (χ1n) is 9.21. The lowest BCUT2D eigenvalue weighted by Gasteiger charge is -2.42. The summed E-state index contributed by atoms with van der Waals surface area (Å²) < 4.78 is 5.31. The second-order valence-corrected chi connectivity index (χ2v) is 7.59. The highest BCUT2D eigenvalue weighted by atomic mass is 16.5. The van der Waals surface area contributed by atoms with Crippen molar-refractivity contribution in [2.45, 2.75) is 44.6 Å². The molecule has 0 bridgehead atoms. The van der Waals surface area contributed by atoms with Crippen LogP contribution in [0.3, 0.4) is 0 Å². The minimum absolute atomic E-state index is 0.0467. The molecule has 1 heterocycles. The molecular weight excluding hydrogens is 300 g/mol. The number of piperidine rings is 1. The number of nitrogens with zero attached hydrogens (tertiary/aromatic N) is 1. The van der Waals surface area contributed by atoms with Crippen molar-refractivity contribution in [1.29, 1.82) is 0 Å².